The van der Waals surface area contributed by atoms with E-state index >= 15 is 0 Å². The van der Waals surface area contributed by atoms with Crippen molar-refractivity contribution in [3.05, 3.63) is 60.0 Å². The Morgan fingerprint density at radius 1 is 1.09 bits per heavy atom. The van der Waals surface area contributed by atoms with Gasteiger partial charge in [0.15, 0.2) is 11.5 Å². The summed E-state index contributed by atoms with van der Waals surface area (Å²) in [4.78, 5) is 31.8. The van der Waals surface area contributed by atoms with Crippen LogP contribution in [0, 0.1) is 0 Å². The zero-order valence-electron chi connectivity index (χ0n) is 19.5. The van der Waals surface area contributed by atoms with E-state index in [1.165, 1.54) is 5.01 Å². The first kappa shape index (κ1) is 22.6. The van der Waals surface area contributed by atoms with E-state index in [2.05, 4.69) is 15.2 Å². The molecule has 0 saturated carbocycles. The van der Waals surface area contributed by atoms with E-state index in [-0.39, 0.29) is 43.5 Å². The molecule has 0 unspecified atom stereocenters. The predicted octanol–water partition coefficient (Wildman–Crippen LogP) is 3.23. The number of fused-ring (bicyclic) bond motifs is 1. The van der Waals surface area contributed by atoms with Crippen molar-refractivity contribution < 1.29 is 23.6 Å². The van der Waals surface area contributed by atoms with E-state index in [0.717, 1.165) is 5.56 Å². The smallest absolute Gasteiger partial charge is 0.274 e. The molecule has 0 radical (unpaired) electrons. The number of amides is 2. The number of aromatic nitrogens is 2. The lowest BCUT2D eigenvalue weighted by Crippen LogP contribution is -2.44. The van der Waals surface area contributed by atoms with Crippen molar-refractivity contribution in [3.8, 4) is 22.9 Å². The first-order valence-corrected chi connectivity index (χ1v) is 11.4. The normalized spacial score (nSPS) is 14.9. The van der Waals surface area contributed by atoms with Crippen LogP contribution in [0.5, 0.6) is 11.5 Å². The van der Waals surface area contributed by atoms with E-state index < -0.39 is 0 Å². The van der Waals surface area contributed by atoms with E-state index in [4.69, 9.17) is 14.0 Å². The van der Waals surface area contributed by atoms with Crippen LogP contribution in [-0.4, -0.2) is 57.0 Å². The molecule has 3 heterocycles. The molecule has 2 amide bonds. The number of carbonyl (C=O) groups excluding carboxylic acids is 2. The molecule has 3 aromatic rings. The van der Waals surface area contributed by atoms with E-state index in [1.54, 1.807) is 17.0 Å². The Hall–Kier alpha value is -4.21. The van der Waals surface area contributed by atoms with Crippen molar-refractivity contribution in [2.75, 3.05) is 13.3 Å². The van der Waals surface area contributed by atoms with Gasteiger partial charge >= 0.3 is 0 Å². The minimum absolute atomic E-state index is 0.0359. The van der Waals surface area contributed by atoms with Crippen LogP contribution in [0.15, 0.2) is 58.2 Å². The second-order valence-corrected chi connectivity index (χ2v) is 8.59. The summed E-state index contributed by atoms with van der Waals surface area (Å²) in [6.07, 6.45) is 0.554. The molecule has 0 saturated heterocycles. The highest BCUT2D eigenvalue weighted by Gasteiger charge is 2.29. The van der Waals surface area contributed by atoms with Gasteiger partial charge < -0.3 is 18.9 Å². The van der Waals surface area contributed by atoms with Gasteiger partial charge in [0.2, 0.25) is 24.4 Å². The summed E-state index contributed by atoms with van der Waals surface area (Å²) in [6, 6.07) is 15.1. The lowest BCUT2D eigenvalue weighted by molar-refractivity contribution is -0.142. The number of nitrogens with zero attached hydrogens (tertiary/aromatic N) is 5. The molecule has 1 aromatic heterocycles. The second-order valence-electron chi connectivity index (χ2n) is 8.59. The standard InChI is InChI=1S/C25H25N5O5/c1-16(2)29(13-17-6-4-3-5-7-17)23(32)14-30-22(31)11-9-19(27-30)25-26-24(28-35-25)18-8-10-20-21(12-18)34-15-33-20/h3-8,10,12,16H,9,11,13-15H2,1-2H3. The maximum Gasteiger partial charge on any atom is 0.274 e. The number of ether oxygens (including phenoxy) is 2. The van der Waals surface area contributed by atoms with Crippen LogP contribution in [-0.2, 0) is 16.1 Å². The van der Waals surface area contributed by atoms with Gasteiger partial charge in [-0.25, -0.2) is 5.01 Å². The first-order valence-electron chi connectivity index (χ1n) is 11.4. The summed E-state index contributed by atoms with van der Waals surface area (Å²) in [6.45, 7) is 4.37. The number of carbonyl (C=O) groups is 2. The van der Waals surface area contributed by atoms with Crippen LogP contribution < -0.4 is 9.47 Å². The van der Waals surface area contributed by atoms with Crippen molar-refractivity contribution in [3.63, 3.8) is 0 Å². The molecule has 10 heteroatoms. The number of hydrazone groups is 1. The summed E-state index contributed by atoms with van der Waals surface area (Å²) in [5, 5.41) is 9.65. The minimum Gasteiger partial charge on any atom is -0.454 e. The van der Waals surface area contributed by atoms with Gasteiger partial charge in [0.1, 0.15) is 12.3 Å². The highest BCUT2D eigenvalue weighted by Crippen LogP contribution is 2.35. The molecule has 0 aliphatic carbocycles. The second kappa shape index (κ2) is 9.57. The van der Waals surface area contributed by atoms with Crippen LogP contribution >= 0.6 is 0 Å². The first-order chi connectivity index (χ1) is 17.0. The maximum absolute atomic E-state index is 13.1. The maximum atomic E-state index is 13.1. The van der Waals surface area contributed by atoms with Gasteiger partial charge in [-0.15, -0.1) is 0 Å². The summed E-state index contributed by atoms with van der Waals surface area (Å²) in [5.41, 5.74) is 2.19. The molecule has 0 N–H and O–H groups in total. The van der Waals surface area contributed by atoms with Crippen LogP contribution in [0.2, 0.25) is 0 Å². The predicted molar refractivity (Wildman–Crippen MR) is 125 cm³/mol. The van der Waals surface area contributed by atoms with Crippen molar-refractivity contribution in [1.82, 2.24) is 20.0 Å². The number of benzene rings is 2. The van der Waals surface area contributed by atoms with Gasteiger partial charge in [-0.05, 0) is 37.6 Å². The highest BCUT2D eigenvalue weighted by atomic mass is 16.7. The summed E-state index contributed by atoms with van der Waals surface area (Å²) in [7, 11) is 0. The third-order valence-corrected chi connectivity index (χ3v) is 5.83. The van der Waals surface area contributed by atoms with Crippen LogP contribution in [0.3, 0.4) is 0 Å². The molecule has 2 aliphatic rings. The molecule has 2 aromatic carbocycles. The summed E-state index contributed by atoms with van der Waals surface area (Å²) < 4.78 is 16.2. The number of hydrogen-bond acceptors (Lipinski definition) is 8. The van der Waals surface area contributed by atoms with E-state index in [9.17, 15) is 9.59 Å². The topological polar surface area (TPSA) is 110 Å². The molecule has 35 heavy (non-hydrogen) atoms. The van der Waals surface area contributed by atoms with Crippen molar-refractivity contribution >= 4 is 17.5 Å². The SMILES string of the molecule is CC(C)N(Cc1ccccc1)C(=O)CN1N=C(c2nc(-c3ccc4c(c3)OCO4)no2)CCC1=O. The Balaban J connectivity index is 1.32. The molecule has 10 nitrogen and oxygen atoms in total. The monoisotopic (exact) mass is 475 g/mol. The lowest BCUT2D eigenvalue weighted by Gasteiger charge is -2.30. The summed E-state index contributed by atoms with van der Waals surface area (Å²) >= 11 is 0. The molecule has 0 atom stereocenters. The van der Waals surface area contributed by atoms with Crippen LogP contribution in [0.1, 0.15) is 38.1 Å². The average Bonchev–Trinajstić information content (AvgIpc) is 3.54. The third-order valence-electron chi connectivity index (χ3n) is 5.83. The van der Waals surface area contributed by atoms with E-state index in [1.807, 2.05) is 50.2 Å². The van der Waals surface area contributed by atoms with Gasteiger partial charge in [0.25, 0.3) is 5.89 Å². The molecule has 180 valence electrons. The molecular formula is C25H25N5O5. The van der Waals surface area contributed by atoms with Crippen LogP contribution in [0.4, 0.5) is 0 Å². The van der Waals surface area contributed by atoms with Gasteiger partial charge in [0.05, 0.1) is 0 Å². The number of rotatable bonds is 7. The van der Waals surface area contributed by atoms with Crippen molar-refractivity contribution in [2.45, 2.75) is 39.3 Å². The molecule has 0 spiro atoms. The fourth-order valence-electron chi connectivity index (χ4n) is 3.93. The van der Waals surface area contributed by atoms with E-state index in [0.29, 0.717) is 41.6 Å². The molecule has 0 fully saturated rings. The molecule has 0 bridgehead atoms. The van der Waals surface area contributed by atoms with Crippen LogP contribution in [0.25, 0.3) is 11.4 Å². The molecule has 5 rings (SSSR count). The average molecular weight is 476 g/mol. The zero-order valence-corrected chi connectivity index (χ0v) is 19.5. The fraction of sp³-hybridized carbons (Fsp3) is 0.320. The zero-order chi connectivity index (χ0) is 24.4. The number of hydrogen-bond donors (Lipinski definition) is 0. The molecular weight excluding hydrogens is 450 g/mol. The van der Waals surface area contributed by atoms with Gasteiger partial charge in [-0.2, -0.15) is 10.1 Å². The Morgan fingerprint density at radius 3 is 2.69 bits per heavy atom. The van der Waals surface area contributed by atoms with Gasteiger partial charge in [-0.1, -0.05) is 35.5 Å². The Kier molecular flexibility index (Phi) is 6.17. The molecule has 2 aliphatic heterocycles. The Bertz CT molecular complexity index is 1270. The van der Waals surface area contributed by atoms with Gasteiger partial charge in [0, 0.05) is 31.0 Å². The third kappa shape index (κ3) is 4.86. The minimum atomic E-state index is -0.221. The quantitative estimate of drug-likeness (QED) is 0.516. The summed E-state index contributed by atoms with van der Waals surface area (Å²) in [5.74, 6) is 1.46. The Labute approximate surface area is 202 Å². The largest absolute Gasteiger partial charge is 0.454 e. The lowest BCUT2D eigenvalue weighted by atomic mass is 10.1. The Morgan fingerprint density at radius 2 is 1.89 bits per heavy atom. The fourth-order valence-corrected chi connectivity index (χ4v) is 3.93. The highest BCUT2D eigenvalue weighted by molar-refractivity contribution is 6.01. The van der Waals surface area contributed by atoms with Gasteiger partial charge in [-0.3, -0.25) is 9.59 Å². The van der Waals surface area contributed by atoms with Crippen molar-refractivity contribution in [2.24, 2.45) is 5.10 Å². The van der Waals surface area contributed by atoms with Crippen molar-refractivity contribution in [1.29, 1.82) is 0 Å².